The van der Waals surface area contributed by atoms with Crippen LogP contribution < -0.4 is 16.4 Å². The topological polar surface area (TPSA) is 111 Å². The average Bonchev–Trinajstić information content (AvgIpc) is 3.04. The predicted octanol–water partition coefficient (Wildman–Crippen LogP) is 3.64. The van der Waals surface area contributed by atoms with Crippen molar-refractivity contribution in [3.05, 3.63) is 35.8 Å². The van der Waals surface area contributed by atoms with Gasteiger partial charge in [0.2, 0.25) is 17.8 Å². The molecule has 0 bridgehead atoms. The molecule has 2 aromatic heterocycles. The highest BCUT2D eigenvalue weighted by atomic mass is 19.1. The third-order valence-electron chi connectivity index (χ3n) is 4.46. The van der Waals surface area contributed by atoms with Crippen LogP contribution >= 0.6 is 0 Å². The van der Waals surface area contributed by atoms with Crippen LogP contribution in [0, 0.1) is 17.5 Å². The maximum atomic E-state index is 14.2. The Morgan fingerprint density at radius 1 is 1.23 bits per heavy atom. The lowest BCUT2D eigenvalue weighted by atomic mass is 10.2. The third kappa shape index (κ3) is 4.61. The number of anilines is 3. The fourth-order valence-corrected chi connectivity index (χ4v) is 2.97. The zero-order chi connectivity index (χ0) is 21.8. The van der Waals surface area contributed by atoms with Gasteiger partial charge in [-0.05, 0) is 19.8 Å². The van der Waals surface area contributed by atoms with E-state index < -0.39 is 29.0 Å². The average molecular weight is 421 g/mol. The lowest BCUT2D eigenvalue weighted by Gasteiger charge is -2.18. The van der Waals surface area contributed by atoms with E-state index in [0.29, 0.717) is 42.2 Å². The molecular weight excluding hydrogens is 399 g/mol. The van der Waals surface area contributed by atoms with E-state index in [4.69, 9.17) is 5.73 Å². The summed E-state index contributed by atoms with van der Waals surface area (Å²) in [6.45, 7) is 4.46. The second kappa shape index (κ2) is 8.97. The van der Waals surface area contributed by atoms with Gasteiger partial charge in [0, 0.05) is 31.1 Å². The summed E-state index contributed by atoms with van der Waals surface area (Å²) in [4.78, 5) is 24.2. The fraction of sp³-hybridized carbons (Fsp3) is 0.368. The van der Waals surface area contributed by atoms with Crippen LogP contribution in [0.1, 0.15) is 39.2 Å². The molecule has 0 saturated carbocycles. The minimum Gasteiger partial charge on any atom is -0.370 e. The SMILES string of the molecule is CCCNc1ncc2nc(Nc3c(F)cc(F)cc3F)n([C@@H](C)CCC(N)=O)c2n1. The summed E-state index contributed by atoms with van der Waals surface area (Å²) in [5, 5.41) is 5.65. The van der Waals surface area contributed by atoms with Gasteiger partial charge in [-0.25, -0.2) is 23.1 Å². The molecule has 3 aromatic rings. The first-order chi connectivity index (χ1) is 14.3. The Morgan fingerprint density at radius 2 is 1.93 bits per heavy atom. The Hall–Kier alpha value is -3.37. The monoisotopic (exact) mass is 421 g/mol. The van der Waals surface area contributed by atoms with Crippen molar-refractivity contribution in [2.75, 3.05) is 17.2 Å². The number of hydrogen-bond acceptors (Lipinski definition) is 6. The number of fused-ring (bicyclic) bond motifs is 1. The Labute approximate surface area is 170 Å². The molecule has 0 aliphatic heterocycles. The molecule has 8 nitrogen and oxygen atoms in total. The van der Waals surface area contributed by atoms with E-state index in [1.165, 1.54) is 6.20 Å². The number of rotatable bonds is 9. The number of halogens is 3. The van der Waals surface area contributed by atoms with Crippen molar-refractivity contribution in [1.82, 2.24) is 19.5 Å². The van der Waals surface area contributed by atoms with Crippen LogP contribution in [0.5, 0.6) is 0 Å². The lowest BCUT2D eigenvalue weighted by molar-refractivity contribution is -0.118. The molecule has 30 heavy (non-hydrogen) atoms. The smallest absolute Gasteiger partial charge is 0.224 e. The van der Waals surface area contributed by atoms with Crippen LogP contribution in [-0.2, 0) is 4.79 Å². The number of carbonyl (C=O) groups is 1. The summed E-state index contributed by atoms with van der Waals surface area (Å²) in [6, 6.07) is 0.800. The minimum absolute atomic E-state index is 0.0771. The summed E-state index contributed by atoms with van der Waals surface area (Å²) < 4.78 is 43.2. The van der Waals surface area contributed by atoms with Gasteiger partial charge < -0.3 is 16.4 Å². The molecule has 1 amide bonds. The van der Waals surface area contributed by atoms with Crippen molar-refractivity contribution in [2.45, 2.75) is 39.2 Å². The lowest BCUT2D eigenvalue weighted by Crippen LogP contribution is -2.16. The van der Waals surface area contributed by atoms with Crippen LogP contribution in [0.4, 0.5) is 30.8 Å². The first-order valence-electron chi connectivity index (χ1n) is 9.48. The van der Waals surface area contributed by atoms with E-state index in [0.717, 1.165) is 6.42 Å². The minimum atomic E-state index is -1.10. The molecular formula is C19H22F3N7O. The van der Waals surface area contributed by atoms with E-state index in [9.17, 15) is 18.0 Å². The highest BCUT2D eigenvalue weighted by molar-refractivity contribution is 5.77. The maximum Gasteiger partial charge on any atom is 0.224 e. The van der Waals surface area contributed by atoms with Gasteiger partial charge in [0.1, 0.15) is 17.0 Å². The zero-order valence-electron chi connectivity index (χ0n) is 16.5. The van der Waals surface area contributed by atoms with Gasteiger partial charge in [-0.1, -0.05) is 6.92 Å². The van der Waals surface area contributed by atoms with Gasteiger partial charge in [-0.15, -0.1) is 0 Å². The fourth-order valence-electron chi connectivity index (χ4n) is 2.97. The Morgan fingerprint density at radius 3 is 2.57 bits per heavy atom. The summed E-state index contributed by atoms with van der Waals surface area (Å²) >= 11 is 0. The van der Waals surface area contributed by atoms with Gasteiger partial charge in [0.15, 0.2) is 17.3 Å². The number of aromatic nitrogens is 4. The molecule has 1 atom stereocenters. The first kappa shape index (κ1) is 21.3. The van der Waals surface area contributed by atoms with Crippen LogP contribution in [0.15, 0.2) is 18.3 Å². The van der Waals surface area contributed by atoms with Crippen molar-refractivity contribution in [3.8, 4) is 0 Å². The Bertz CT molecular complexity index is 1050. The number of primary amides is 1. The third-order valence-corrected chi connectivity index (χ3v) is 4.46. The van der Waals surface area contributed by atoms with Gasteiger partial charge in [-0.2, -0.15) is 4.98 Å². The van der Waals surface area contributed by atoms with Crippen LogP contribution in [-0.4, -0.2) is 32.0 Å². The number of nitrogens with zero attached hydrogens (tertiary/aromatic N) is 4. The van der Waals surface area contributed by atoms with Crippen molar-refractivity contribution >= 4 is 34.7 Å². The number of imidazole rings is 1. The van der Waals surface area contributed by atoms with Crippen LogP contribution in [0.25, 0.3) is 11.2 Å². The molecule has 160 valence electrons. The molecule has 4 N–H and O–H groups in total. The summed E-state index contributed by atoms with van der Waals surface area (Å²) in [5.41, 5.74) is 5.49. The van der Waals surface area contributed by atoms with E-state index >= 15 is 0 Å². The van der Waals surface area contributed by atoms with Crippen molar-refractivity contribution < 1.29 is 18.0 Å². The molecule has 3 rings (SSSR count). The molecule has 0 unspecified atom stereocenters. The molecule has 0 spiro atoms. The van der Waals surface area contributed by atoms with Gasteiger partial charge >= 0.3 is 0 Å². The Balaban J connectivity index is 2.07. The molecule has 2 heterocycles. The van der Waals surface area contributed by atoms with Gasteiger partial charge in [-0.3, -0.25) is 9.36 Å². The number of nitrogens with one attached hydrogen (secondary N) is 2. The molecule has 0 aliphatic rings. The van der Waals surface area contributed by atoms with Crippen molar-refractivity contribution in [2.24, 2.45) is 5.73 Å². The van der Waals surface area contributed by atoms with Crippen LogP contribution in [0.3, 0.4) is 0 Å². The van der Waals surface area contributed by atoms with E-state index in [1.54, 1.807) is 11.5 Å². The zero-order valence-corrected chi connectivity index (χ0v) is 16.5. The molecule has 0 saturated heterocycles. The number of benzene rings is 1. The van der Waals surface area contributed by atoms with Gasteiger partial charge in [0.25, 0.3) is 0 Å². The van der Waals surface area contributed by atoms with Crippen molar-refractivity contribution in [3.63, 3.8) is 0 Å². The summed E-state index contributed by atoms with van der Waals surface area (Å²) in [5.74, 6) is -3.26. The molecule has 0 aliphatic carbocycles. The summed E-state index contributed by atoms with van der Waals surface area (Å²) in [6.07, 6.45) is 2.81. The molecule has 11 heteroatoms. The molecule has 0 fully saturated rings. The first-order valence-corrected chi connectivity index (χ1v) is 9.48. The highest BCUT2D eigenvalue weighted by Gasteiger charge is 2.21. The molecule has 0 radical (unpaired) electrons. The second-order valence-corrected chi connectivity index (χ2v) is 6.86. The maximum absolute atomic E-state index is 14.2. The predicted molar refractivity (Wildman–Crippen MR) is 107 cm³/mol. The van der Waals surface area contributed by atoms with E-state index in [2.05, 4.69) is 25.6 Å². The van der Waals surface area contributed by atoms with Crippen molar-refractivity contribution in [1.29, 1.82) is 0 Å². The number of carbonyl (C=O) groups excluding carboxylic acids is 1. The van der Waals surface area contributed by atoms with E-state index in [1.807, 2.05) is 6.92 Å². The Kier molecular flexibility index (Phi) is 6.38. The van der Waals surface area contributed by atoms with E-state index in [-0.39, 0.29) is 18.4 Å². The standard InChI is InChI=1S/C19H22F3N7O/c1-3-6-24-18-25-9-14-17(28-18)29(10(2)4-5-15(23)30)19(26-14)27-16-12(21)7-11(20)8-13(16)22/h7-10H,3-6H2,1-2H3,(H2,23,30)(H,26,27)(H,24,25,28)/t10-/m0/s1. The number of hydrogen-bond donors (Lipinski definition) is 3. The van der Waals surface area contributed by atoms with Gasteiger partial charge in [0.05, 0.1) is 6.20 Å². The van der Waals surface area contributed by atoms with Crippen LogP contribution in [0.2, 0.25) is 0 Å². The normalized spacial score (nSPS) is 12.2. The summed E-state index contributed by atoms with van der Waals surface area (Å²) in [7, 11) is 0. The number of amides is 1. The second-order valence-electron chi connectivity index (χ2n) is 6.86. The molecule has 1 aromatic carbocycles. The highest BCUT2D eigenvalue weighted by Crippen LogP contribution is 2.30. The number of nitrogens with two attached hydrogens (primary N) is 1. The largest absolute Gasteiger partial charge is 0.370 e. The quantitative estimate of drug-likeness (QED) is 0.487.